The summed E-state index contributed by atoms with van der Waals surface area (Å²) in [7, 11) is 1.65. The molecule has 0 aliphatic heterocycles. The monoisotopic (exact) mass is 204 g/mol. The zero-order valence-electron chi connectivity index (χ0n) is 8.53. The molecular formula is C10H12N4O. The van der Waals surface area contributed by atoms with E-state index < -0.39 is 0 Å². The third kappa shape index (κ3) is 1.43. The van der Waals surface area contributed by atoms with Crippen LogP contribution in [0.2, 0.25) is 0 Å². The summed E-state index contributed by atoms with van der Waals surface area (Å²) in [5.41, 5.74) is 5.57. The highest BCUT2D eigenvalue weighted by Gasteiger charge is 2.41. The second kappa shape index (κ2) is 3.48. The summed E-state index contributed by atoms with van der Waals surface area (Å²) in [4.78, 5) is 8.26. The van der Waals surface area contributed by atoms with E-state index in [9.17, 15) is 0 Å². The third-order valence-corrected chi connectivity index (χ3v) is 2.90. The Morgan fingerprint density at radius 3 is 2.73 bits per heavy atom. The van der Waals surface area contributed by atoms with Crippen molar-refractivity contribution in [1.82, 2.24) is 9.97 Å². The summed E-state index contributed by atoms with van der Waals surface area (Å²) < 4.78 is 5.42. The van der Waals surface area contributed by atoms with Crippen molar-refractivity contribution in [2.75, 3.05) is 12.8 Å². The lowest BCUT2D eigenvalue weighted by molar-refractivity contribution is -0.0845. The van der Waals surface area contributed by atoms with Crippen LogP contribution in [0.15, 0.2) is 6.20 Å². The van der Waals surface area contributed by atoms with Crippen LogP contribution in [-0.4, -0.2) is 17.1 Å². The first-order valence-corrected chi connectivity index (χ1v) is 4.80. The van der Waals surface area contributed by atoms with Gasteiger partial charge in [0.1, 0.15) is 23.1 Å². The number of hydrogen-bond donors (Lipinski definition) is 1. The number of rotatable bonds is 2. The molecule has 0 aromatic carbocycles. The largest absolute Gasteiger partial charge is 0.382 e. The molecule has 0 atom stereocenters. The molecule has 0 unspecified atom stereocenters. The Labute approximate surface area is 87.9 Å². The molecule has 0 amide bonds. The van der Waals surface area contributed by atoms with Crippen LogP contribution >= 0.6 is 0 Å². The SMILES string of the molecule is COC1(c2ncc(C#N)c(N)n2)CCC1. The van der Waals surface area contributed by atoms with E-state index in [0.29, 0.717) is 11.4 Å². The lowest BCUT2D eigenvalue weighted by Gasteiger charge is -2.38. The molecule has 1 fully saturated rings. The number of nitrogens with two attached hydrogens (primary N) is 1. The average molecular weight is 204 g/mol. The van der Waals surface area contributed by atoms with Crippen molar-refractivity contribution in [3.63, 3.8) is 0 Å². The molecule has 1 aliphatic carbocycles. The van der Waals surface area contributed by atoms with Crippen molar-refractivity contribution in [3.8, 4) is 6.07 Å². The minimum atomic E-state index is -0.373. The van der Waals surface area contributed by atoms with Gasteiger partial charge in [0.05, 0.1) is 6.20 Å². The molecule has 1 aliphatic rings. The highest BCUT2D eigenvalue weighted by molar-refractivity contribution is 5.46. The lowest BCUT2D eigenvalue weighted by atomic mass is 9.79. The van der Waals surface area contributed by atoms with Crippen molar-refractivity contribution < 1.29 is 4.74 Å². The van der Waals surface area contributed by atoms with Gasteiger partial charge in [-0.05, 0) is 19.3 Å². The smallest absolute Gasteiger partial charge is 0.162 e. The molecule has 0 saturated heterocycles. The van der Waals surface area contributed by atoms with Gasteiger partial charge in [-0.1, -0.05) is 0 Å². The molecule has 1 aromatic heterocycles. The van der Waals surface area contributed by atoms with Crippen molar-refractivity contribution in [2.45, 2.75) is 24.9 Å². The molecule has 1 saturated carbocycles. The van der Waals surface area contributed by atoms with E-state index in [1.165, 1.54) is 6.20 Å². The summed E-state index contributed by atoms with van der Waals surface area (Å²) in [6.45, 7) is 0. The molecule has 5 nitrogen and oxygen atoms in total. The lowest BCUT2D eigenvalue weighted by Crippen LogP contribution is -2.38. The summed E-state index contributed by atoms with van der Waals surface area (Å²) in [5.74, 6) is 0.818. The number of methoxy groups -OCH3 is 1. The Kier molecular flexibility index (Phi) is 2.29. The quantitative estimate of drug-likeness (QED) is 0.775. The maximum absolute atomic E-state index is 8.70. The molecule has 1 heterocycles. The van der Waals surface area contributed by atoms with Crippen molar-refractivity contribution in [2.24, 2.45) is 0 Å². The van der Waals surface area contributed by atoms with Crippen LogP contribution in [0.25, 0.3) is 0 Å². The van der Waals surface area contributed by atoms with E-state index >= 15 is 0 Å². The van der Waals surface area contributed by atoms with Gasteiger partial charge in [0.15, 0.2) is 5.82 Å². The number of nitriles is 1. The van der Waals surface area contributed by atoms with E-state index in [4.69, 9.17) is 15.7 Å². The summed E-state index contributed by atoms with van der Waals surface area (Å²) >= 11 is 0. The summed E-state index contributed by atoms with van der Waals surface area (Å²) in [6, 6.07) is 1.94. The van der Waals surface area contributed by atoms with Crippen LogP contribution in [-0.2, 0) is 10.3 Å². The number of ether oxygens (including phenoxy) is 1. The normalized spacial score (nSPS) is 17.9. The number of nitrogens with zero attached hydrogens (tertiary/aromatic N) is 3. The zero-order valence-corrected chi connectivity index (χ0v) is 8.53. The van der Waals surface area contributed by atoms with Crippen LogP contribution in [0.3, 0.4) is 0 Å². The highest BCUT2D eigenvalue weighted by Crippen LogP contribution is 2.42. The average Bonchev–Trinajstić information content (AvgIpc) is 2.17. The predicted molar refractivity (Wildman–Crippen MR) is 53.7 cm³/mol. The Morgan fingerprint density at radius 1 is 1.60 bits per heavy atom. The molecule has 2 N–H and O–H groups in total. The molecule has 0 radical (unpaired) electrons. The van der Waals surface area contributed by atoms with E-state index in [-0.39, 0.29) is 11.4 Å². The molecule has 0 bridgehead atoms. The van der Waals surface area contributed by atoms with Gasteiger partial charge in [-0.2, -0.15) is 5.26 Å². The standard InChI is InChI=1S/C10H12N4O/c1-15-10(3-2-4-10)9-13-6-7(5-11)8(12)14-9/h6H,2-4H2,1H3,(H2,12,13,14). The van der Waals surface area contributed by atoms with Crippen LogP contribution in [0.5, 0.6) is 0 Å². The van der Waals surface area contributed by atoms with Crippen LogP contribution in [0, 0.1) is 11.3 Å². The third-order valence-electron chi connectivity index (χ3n) is 2.90. The van der Waals surface area contributed by atoms with Crippen molar-refractivity contribution >= 4 is 5.82 Å². The second-order valence-corrected chi connectivity index (χ2v) is 3.66. The number of anilines is 1. The first-order chi connectivity index (χ1) is 7.22. The van der Waals surface area contributed by atoms with Gasteiger partial charge in [0, 0.05) is 7.11 Å². The number of nitrogen functional groups attached to an aromatic ring is 1. The Bertz CT molecular complexity index is 414. The Morgan fingerprint density at radius 2 is 2.33 bits per heavy atom. The summed E-state index contributed by atoms with van der Waals surface area (Å²) in [6.07, 6.45) is 4.39. The first kappa shape index (κ1) is 9.87. The number of hydrogen-bond acceptors (Lipinski definition) is 5. The van der Waals surface area contributed by atoms with Gasteiger partial charge in [0.25, 0.3) is 0 Å². The molecular weight excluding hydrogens is 192 g/mol. The number of aromatic nitrogens is 2. The van der Waals surface area contributed by atoms with E-state index in [0.717, 1.165) is 19.3 Å². The highest BCUT2D eigenvalue weighted by atomic mass is 16.5. The summed E-state index contributed by atoms with van der Waals surface area (Å²) in [5, 5.41) is 8.70. The molecule has 0 spiro atoms. The maximum Gasteiger partial charge on any atom is 0.162 e. The minimum absolute atomic E-state index is 0.228. The first-order valence-electron chi connectivity index (χ1n) is 4.80. The second-order valence-electron chi connectivity index (χ2n) is 3.66. The van der Waals surface area contributed by atoms with Gasteiger partial charge >= 0.3 is 0 Å². The van der Waals surface area contributed by atoms with Gasteiger partial charge in [-0.15, -0.1) is 0 Å². The predicted octanol–water partition coefficient (Wildman–Crippen LogP) is 0.956. The fourth-order valence-electron chi connectivity index (χ4n) is 1.72. The zero-order chi connectivity index (χ0) is 10.9. The molecule has 15 heavy (non-hydrogen) atoms. The van der Waals surface area contributed by atoms with Gasteiger partial charge in [-0.25, -0.2) is 9.97 Å². The van der Waals surface area contributed by atoms with Gasteiger partial charge in [-0.3, -0.25) is 0 Å². The molecule has 5 heteroatoms. The van der Waals surface area contributed by atoms with Crippen molar-refractivity contribution in [1.29, 1.82) is 5.26 Å². The van der Waals surface area contributed by atoms with Crippen LogP contribution < -0.4 is 5.73 Å². The van der Waals surface area contributed by atoms with Crippen LogP contribution in [0.4, 0.5) is 5.82 Å². The molecule has 78 valence electrons. The fraction of sp³-hybridized carbons (Fsp3) is 0.500. The van der Waals surface area contributed by atoms with Gasteiger partial charge < -0.3 is 10.5 Å². The Balaban J connectivity index is 2.38. The minimum Gasteiger partial charge on any atom is -0.382 e. The topological polar surface area (TPSA) is 84.8 Å². The van der Waals surface area contributed by atoms with Gasteiger partial charge in [0.2, 0.25) is 0 Å². The maximum atomic E-state index is 8.70. The van der Waals surface area contributed by atoms with E-state index in [2.05, 4.69) is 9.97 Å². The van der Waals surface area contributed by atoms with Crippen LogP contribution in [0.1, 0.15) is 30.7 Å². The Hall–Kier alpha value is -1.67. The van der Waals surface area contributed by atoms with E-state index in [1.54, 1.807) is 7.11 Å². The molecule has 1 aromatic rings. The van der Waals surface area contributed by atoms with E-state index in [1.807, 2.05) is 6.07 Å². The molecule has 2 rings (SSSR count). The van der Waals surface area contributed by atoms with Crippen molar-refractivity contribution in [3.05, 3.63) is 17.6 Å². The fourth-order valence-corrected chi connectivity index (χ4v) is 1.72.